The number of ether oxygens (including phenoxy) is 1. The average molecular weight is 355 g/mol. The maximum absolute atomic E-state index is 12.3. The molecule has 0 saturated carbocycles. The Morgan fingerprint density at radius 3 is 2.27 bits per heavy atom. The molecule has 0 radical (unpaired) electrons. The van der Waals surface area contributed by atoms with Crippen LogP contribution < -0.4 is 5.73 Å². The van der Waals surface area contributed by atoms with Gasteiger partial charge in [0.15, 0.2) is 0 Å². The van der Waals surface area contributed by atoms with Crippen molar-refractivity contribution in [2.45, 2.75) is 13.0 Å². The smallest absolute Gasteiger partial charge is 0.322 e. The number of quaternary nitrogens is 1. The summed E-state index contributed by atoms with van der Waals surface area (Å²) >= 11 is 0. The van der Waals surface area contributed by atoms with Gasteiger partial charge in [0, 0.05) is 0 Å². The normalized spacial score (nSPS) is 12.1. The van der Waals surface area contributed by atoms with Crippen LogP contribution in [0, 0.1) is 0 Å². The van der Waals surface area contributed by atoms with Gasteiger partial charge >= 0.3 is 5.97 Å². The van der Waals surface area contributed by atoms with E-state index in [1.165, 1.54) is 0 Å². The standard InChI is InChI=1S/C8H18FN2O2.2BrH/c1-7(10)8(12)13-5-4-11(2,3)6-9;;/h7H,4-6,10H2,1-3H3;2*1H/q+1;;/t7-;;/m0../s1. The molecule has 0 aliphatic rings. The molecular formula is C8H20Br2FN2O2+. The number of hydrogen-bond acceptors (Lipinski definition) is 3. The molecule has 0 rings (SSSR count). The fourth-order valence-electron chi connectivity index (χ4n) is 0.585. The molecular weight excluding hydrogens is 335 g/mol. The number of carbonyl (C=O) groups excluding carboxylic acids is 1. The molecule has 0 fully saturated rings. The average Bonchev–Trinajstić information content (AvgIpc) is 2.04. The van der Waals surface area contributed by atoms with E-state index in [0.29, 0.717) is 6.54 Å². The number of alkyl halides is 1. The number of likely N-dealkylation sites (N-methyl/N-ethyl adjacent to an activating group) is 1. The van der Waals surface area contributed by atoms with E-state index in [-0.39, 0.29) is 45.1 Å². The Bertz CT molecular complexity index is 180. The first kappa shape index (κ1) is 20.7. The Balaban J connectivity index is -0.000000720. The zero-order valence-corrected chi connectivity index (χ0v) is 12.7. The number of rotatable bonds is 5. The highest BCUT2D eigenvalue weighted by molar-refractivity contribution is 8.93. The van der Waals surface area contributed by atoms with Crippen LogP contribution in [0.5, 0.6) is 0 Å². The van der Waals surface area contributed by atoms with Crippen molar-refractivity contribution >= 4 is 39.9 Å². The largest absolute Gasteiger partial charge is 0.459 e. The molecule has 0 aliphatic heterocycles. The molecule has 94 valence electrons. The van der Waals surface area contributed by atoms with Gasteiger partial charge < -0.3 is 10.5 Å². The zero-order chi connectivity index (χ0) is 10.5. The Morgan fingerprint density at radius 2 is 1.93 bits per heavy atom. The summed E-state index contributed by atoms with van der Waals surface area (Å²) in [7, 11) is 3.44. The molecule has 0 aliphatic carbocycles. The Hall–Kier alpha value is 0.280. The van der Waals surface area contributed by atoms with Crippen LogP contribution in [0.25, 0.3) is 0 Å². The molecule has 0 amide bonds. The Labute approximate surface area is 111 Å². The molecule has 4 nitrogen and oxygen atoms in total. The Kier molecular flexibility index (Phi) is 13.1. The van der Waals surface area contributed by atoms with Crippen LogP contribution in [0.4, 0.5) is 4.39 Å². The summed E-state index contributed by atoms with van der Waals surface area (Å²) in [4.78, 5) is 10.9. The summed E-state index contributed by atoms with van der Waals surface area (Å²) in [6.45, 7) is 1.74. The number of carbonyl (C=O) groups is 1. The maximum atomic E-state index is 12.3. The highest BCUT2D eigenvalue weighted by Crippen LogP contribution is 1.96. The van der Waals surface area contributed by atoms with Crippen molar-refractivity contribution in [1.82, 2.24) is 0 Å². The van der Waals surface area contributed by atoms with E-state index < -0.39 is 18.8 Å². The van der Waals surface area contributed by atoms with Crippen molar-refractivity contribution in [3.63, 3.8) is 0 Å². The number of halogens is 3. The molecule has 0 unspecified atom stereocenters. The predicted octanol–water partition coefficient (Wildman–Crippen LogP) is 1.04. The van der Waals surface area contributed by atoms with E-state index in [4.69, 9.17) is 10.5 Å². The van der Waals surface area contributed by atoms with Gasteiger partial charge in [-0.15, -0.1) is 34.0 Å². The van der Waals surface area contributed by atoms with E-state index in [0.717, 1.165) is 0 Å². The van der Waals surface area contributed by atoms with Crippen molar-refractivity contribution in [3.05, 3.63) is 0 Å². The monoisotopic (exact) mass is 353 g/mol. The molecule has 0 aromatic carbocycles. The Morgan fingerprint density at radius 1 is 1.47 bits per heavy atom. The van der Waals surface area contributed by atoms with Crippen LogP contribution in [-0.4, -0.2) is 50.5 Å². The van der Waals surface area contributed by atoms with Gasteiger partial charge in [-0.1, -0.05) is 0 Å². The van der Waals surface area contributed by atoms with Gasteiger partial charge in [-0.2, -0.15) is 4.39 Å². The number of hydrogen-bond donors (Lipinski definition) is 1. The SMILES string of the molecule is Br.Br.C[C@H](N)C(=O)OCC[N+](C)(C)CF. The third-order valence-corrected chi connectivity index (χ3v) is 1.64. The van der Waals surface area contributed by atoms with E-state index >= 15 is 0 Å². The maximum Gasteiger partial charge on any atom is 0.322 e. The van der Waals surface area contributed by atoms with Crippen molar-refractivity contribution in [1.29, 1.82) is 0 Å². The summed E-state index contributed by atoms with van der Waals surface area (Å²) in [6.07, 6.45) is 0. The molecule has 0 heterocycles. The first-order chi connectivity index (χ1) is 5.89. The predicted molar refractivity (Wildman–Crippen MR) is 68.2 cm³/mol. The third-order valence-electron chi connectivity index (χ3n) is 1.64. The summed E-state index contributed by atoms with van der Waals surface area (Å²) in [6, 6.07) is -0.610. The molecule has 0 bridgehead atoms. The van der Waals surface area contributed by atoms with Crippen LogP contribution in [-0.2, 0) is 9.53 Å². The molecule has 2 N–H and O–H groups in total. The molecule has 7 heteroatoms. The lowest BCUT2D eigenvalue weighted by atomic mass is 10.4. The number of nitrogens with zero attached hydrogens (tertiary/aromatic N) is 1. The minimum absolute atomic E-state index is 0. The van der Waals surface area contributed by atoms with Gasteiger partial charge in [0.25, 0.3) is 0 Å². The van der Waals surface area contributed by atoms with Crippen molar-refractivity contribution in [2.75, 3.05) is 34.0 Å². The van der Waals surface area contributed by atoms with E-state index in [2.05, 4.69) is 0 Å². The molecule has 15 heavy (non-hydrogen) atoms. The minimum atomic E-state index is -0.610. The van der Waals surface area contributed by atoms with Crippen LogP contribution in [0.2, 0.25) is 0 Å². The van der Waals surface area contributed by atoms with E-state index in [1.54, 1.807) is 21.0 Å². The number of nitrogens with two attached hydrogens (primary N) is 1. The van der Waals surface area contributed by atoms with Gasteiger partial charge in [-0.3, -0.25) is 9.28 Å². The lowest BCUT2D eigenvalue weighted by Crippen LogP contribution is -2.42. The quantitative estimate of drug-likeness (QED) is 0.456. The second-order valence-electron chi connectivity index (χ2n) is 3.74. The molecule has 0 aromatic rings. The van der Waals surface area contributed by atoms with Gasteiger partial charge in [0.1, 0.15) is 19.2 Å². The topological polar surface area (TPSA) is 52.3 Å². The van der Waals surface area contributed by atoms with E-state index in [9.17, 15) is 9.18 Å². The second-order valence-corrected chi connectivity index (χ2v) is 3.74. The summed E-state index contributed by atoms with van der Waals surface area (Å²) < 4.78 is 17.2. The van der Waals surface area contributed by atoms with Crippen molar-refractivity contribution in [3.8, 4) is 0 Å². The first-order valence-corrected chi connectivity index (χ1v) is 4.19. The minimum Gasteiger partial charge on any atom is -0.459 e. The van der Waals surface area contributed by atoms with Crippen LogP contribution >= 0.6 is 34.0 Å². The van der Waals surface area contributed by atoms with Crippen LogP contribution in [0.15, 0.2) is 0 Å². The van der Waals surface area contributed by atoms with Gasteiger partial charge in [-0.05, 0) is 6.92 Å². The summed E-state index contributed by atoms with van der Waals surface area (Å²) in [5.41, 5.74) is 5.26. The lowest BCUT2D eigenvalue weighted by Gasteiger charge is -2.25. The zero-order valence-electron chi connectivity index (χ0n) is 9.23. The summed E-state index contributed by atoms with van der Waals surface area (Å²) in [5, 5.41) is 0. The van der Waals surface area contributed by atoms with Crippen LogP contribution in [0.1, 0.15) is 6.92 Å². The lowest BCUT2D eigenvalue weighted by molar-refractivity contribution is -0.902. The molecule has 1 atom stereocenters. The molecule has 0 spiro atoms. The van der Waals surface area contributed by atoms with Crippen LogP contribution in [0.3, 0.4) is 0 Å². The van der Waals surface area contributed by atoms with E-state index in [1.807, 2.05) is 0 Å². The van der Waals surface area contributed by atoms with Gasteiger partial charge in [0.05, 0.1) is 14.1 Å². The second kappa shape index (κ2) is 9.50. The van der Waals surface area contributed by atoms with Gasteiger partial charge in [-0.25, -0.2) is 0 Å². The van der Waals surface area contributed by atoms with Crippen molar-refractivity contribution in [2.24, 2.45) is 5.73 Å². The summed E-state index contributed by atoms with van der Waals surface area (Å²) in [5.74, 6) is -0.446. The van der Waals surface area contributed by atoms with Gasteiger partial charge in [0.2, 0.25) is 6.80 Å². The fourth-order valence-corrected chi connectivity index (χ4v) is 0.585. The third kappa shape index (κ3) is 10.6. The molecule has 0 aromatic heterocycles. The molecule has 0 saturated heterocycles. The fraction of sp³-hybridized carbons (Fsp3) is 0.875. The highest BCUT2D eigenvalue weighted by atomic mass is 79.9. The number of esters is 1. The van der Waals surface area contributed by atoms with Crippen molar-refractivity contribution < 1.29 is 18.4 Å². The first-order valence-electron chi connectivity index (χ1n) is 4.19. The highest BCUT2D eigenvalue weighted by Gasteiger charge is 2.15.